The van der Waals surface area contributed by atoms with Crippen LogP contribution in [0.1, 0.15) is 32.1 Å². The van der Waals surface area contributed by atoms with E-state index in [0.717, 1.165) is 0 Å². The van der Waals surface area contributed by atoms with Gasteiger partial charge < -0.3 is 10.4 Å². The van der Waals surface area contributed by atoms with E-state index in [1.54, 1.807) is 0 Å². The molecule has 6 nitrogen and oxygen atoms in total. The second kappa shape index (κ2) is 5.69. The zero-order valence-corrected chi connectivity index (χ0v) is 11.3. The van der Waals surface area contributed by atoms with Gasteiger partial charge in [0.2, 0.25) is 5.91 Å². The molecule has 1 aliphatic carbocycles. The van der Waals surface area contributed by atoms with Crippen molar-refractivity contribution in [3.8, 4) is 0 Å². The average Bonchev–Trinajstić information content (AvgIpc) is 2.94. The molecule has 1 saturated carbocycles. The highest BCUT2D eigenvalue weighted by Crippen LogP contribution is 2.49. The first-order valence-electron chi connectivity index (χ1n) is 5.91. The standard InChI is InChI=1S/C11H19NO5S/c1-12-9(13)3-2-6-18(16,17)8-11(4-5-11)7-10(14)15/h2-8H2,1H3,(H,12,13)(H,14,15). The van der Waals surface area contributed by atoms with Crippen LogP contribution in [0.25, 0.3) is 0 Å². The number of amides is 1. The maximum absolute atomic E-state index is 11.8. The fourth-order valence-corrected chi connectivity index (χ4v) is 4.04. The first kappa shape index (κ1) is 14.9. The van der Waals surface area contributed by atoms with Crippen LogP contribution in [-0.4, -0.2) is 44.0 Å². The van der Waals surface area contributed by atoms with E-state index in [2.05, 4.69) is 5.32 Å². The van der Waals surface area contributed by atoms with E-state index in [-0.39, 0.29) is 36.7 Å². The third-order valence-electron chi connectivity index (χ3n) is 3.15. The minimum absolute atomic E-state index is 0.0538. The maximum Gasteiger partial charge on any atom is 0.303 e. The number of carboxylic acid groups (broad SMARTS) is 1. The Hall–Kier alpha value is -1.11. The number of carboxylic acids is 1. The number of carbonyl (C=O) groups is 2. The van der Waals surface area contributed by atoms with Crippen LogP contribution in [0.15, 0.2) is 0 Å². The van der Waals surface area contributed by atoms with E-state index in [0.29, 0.717) is 12.8 Å². The molecule has 0 aliphatic heterocycles. The lowest BCUT2D eigenvalue weighted by atomic mass is 10.1. The molecule has 0 aromatic carbocycles. The van der Waals surface area contributed by atoms with Crippen LogP contribution in [0.3, 0.4) is 0 Å². The minimum Gasteiger partial charge on any atom is -0.481 e. The Morgan fingerprint density at radius 1 is 1.33 bits per heavy atom. The maximum atomic E-state index is 11.8. The molecule has 0 aromatic rings. The summed E-state index contributed by atoms with van der Waals surface area (Å²) in [5.74, 6) is -1.26. The highest BCUT2D eigenvalue weighted by Gasteiger charge is 2.47. The predicted molar refractivity (Wildman–Crippen MR) is 65.9 cm³/mol. The molecule has 1 rings (SSSR count). The molecule has 0 bridgehead atoms. The van der Waals surface area contributed by atoms with Crippen LogP contribution in [0.5, 0.6) is 0 Å². The third-order valence-corrected chi connectivity index (χ3v) is 5.11. The smallest absolute Gasteiger partial charge is 0.303 e. The lowest BCUT2D eigenvalue weighted by Crippen LogP contribution is -2.24. The van der Waals surface area contributed by atoms with E-state index in [4.69, 9.17) is 5.11 Å². The van der Waals surface area contributed by atoms with E-state index in [9.17, 15) is 18.0 Å². The summed E-state index contributed by atoms with van der Waals surface area (Å²) in [6, 6.07) is 0. The molecule has 0 aromatic heterocycles. The summed E-state index contributed by atoms with van der Waals surface area (Å²) in [6.07, 6.45) is 1.70. The molecule has 0 unspecified atom stereocenters. The lowest BCUT2D eigenvalue weighted by molar-refractivity contribution is -0.138. The Morgan fingerprint density at radius 3 is 2.39 bits per heavy atom. The third kappa shape index (κ3) is 5.03. The predicted octanol–water partition coefficient (Wildman–Crippen LogP) is 0.182. The average molecular weight is 277 g/mol. The van der Waals surface area contributed by atoms with Gasteiger partial charge in [0, 0.05) is 13.5 Å². The number of hydrogen-bond acceptors (Lipinski definition) is 4. The Morgan fingerprint density at radius 2 is 1.94 bits per heavy atom. The normalized spacial score (nSPS) is 17.2. The van der Waals surface area contributed by atoms with Gasteiger partial charge in [0.1, 0.15) is 0 Å². The zero-order chi connectivity index (χ0) is 13.8. The van der Waals surface area contributed by atoms with Crippen LogP contribution in [0.4, 0.5) is 0 Å². The summed E-state index contributed by atoms with van der Waals surface area (Å²) in [5.41, 5.74) is -0.544. The summed E-state index contributed by atoms with van der Waals surface area (Å²) in [7, 11) is -1.77. The van der Waals surface area contributed by atoms with Crippen molar-refractivity contribution in [1.29, 1.82) is 0 Å². The summed E-state index contributed by atoms with van der Waals surface area (Å²) in [4.78, 5) is 21.6. The Kier molecular flexibility index (Phi) is 4.72. The molecule has 0 spiro atoms. The number of carbonyl (C=O) groups excluding carboxylic acids is 1. The molecule has 0 atom stereocenters. The van der Waals surface area contributed by atoms with Crippen LogP contribution < -0.4 is 5.32 Å². The number of rotatable bonds is 8. The van der Waals surface area contributed by atoms with Gasteiger partial charge in [0.25, 0.3) is 0 Å². The van der Waals surface area contributed by atoms with Crippen molar-refractivity contribution < 1.29 is 23.1 Å². The van der Waals surface area contributed by atoms with Crippen LogP contribution >= 0.6 is 0 Å². The second-order valence-corrected chi connectivity index (χ2v) is 7.12. The summed E-state index contributed by atoms with van der Waals surface area (Å²) in [6.45, 7) is 0. The molecule has 0 heterocycles. The minimum atomic E-state index is -3.27. The molecule has 1 amide bonds. The second-order valence-electron chi connectivity index (χ2n) is 4.94. The van der Waals surface area contributed by atoms with Gasteiger partial charge >= 0.3 is 5.97 Å². The Bertz CT molecular complexity index is 425. The molecule has 18 heavy (non-hydrogen) atoms. The lowest BCUT2D eigenvalue weighted by Gasteiger charge is -2.12. The van der Waals surface area contributed by atoms with Crippen LogP contribution in [-0.2, 0) is 19.4 Å². The van der Waals surface area contributed by atoms with E-state index in [1.165, 1.54) is 7.05 Å². The van der Waals surface area contributed by atoms with Crippen molar-refractivity contribution in [2.75, 3.05) is 18.6 Å². The van der Waals surface area contributed by atoms with E-state index < -0.39 is 21.2 Å². The van der Waals surface area contributed by atoms with Crippen molar-refractivity contribution in [2.24, 2.45) is 5.41 Å². The monoisotopic (exact) mass is 277 g/mol. The van der Waals surface area contributed by atoms with Crippen molar-refractivity contribution in [2.45, 2.75) is 32.1 Å². The molecular weight excluding hydrogens is 258 g/mol. The molecule has 2 N–H and O–H groups in total. The quantitative estimate of drug-likeness (QED) is 0.659. The van der Waals surface area contributed by atoms with Crippen LogP contribution in [0.2, 0.25) is 0 Å². The summed E-state index contributed by atoms with van der Waals surface area (Å²) < 4.78 is 23.6. The molecule has 104 valence electrons. The molecule has 1 fully saturated rings. The summed E-state index contributed by atoms with van der Waals surface area (Å²) in [5, 5.41) is 11.1. The van der Waals surface area contributed by atoms with Gasteiger partial charge in [0.05, 0.1) is 17.9 Å². The van der Waals surface area contributed by atoms with Crippen molar-refractivity contribution >= 4 is 21.7 Å². The fourth-order valence-electron chi connectivity index (χ4n) is 1.99. The van der Waals surface area contributed by atoms with Crippen molar-refractivity contribution in [1.82, 2.24) is 5.32 Å². The first-order chi connectivity index (χ1) is 8.29. The molecular formula is C11H19NO5S. The van der Waals surface area contributed by atoms with Crippen molar-refractivity contribution in [3.05, 3.63) is 0 Å². The van der Waals surface area contributed by atoms with Gasteiger partial charge in [0.15, 0.2) is 9.84 Å². The zero-order valence-electron chi connectivity index (χ0n) is 10.4. The van der Waals surface area contributed by atoms with Gasteiger partial charge in [-0.25, -0.2) is 8.42 Å². The van der Waals surface area contributed by atoms with Gasteiger partial charge in [-0.3, -0.25) is 9.59 Å². The van der Waals surface area contributed by atoms with E-state index >= 15 is 0 Å². The highest BCUT2D eigenvalue weighted by atomic mass is 32.2. The van der Waals surface area contributed by atoms with Gasteiger partial charge in [-0.05, 0) is 24.7 Å². The van der Waals surface area contributed by atoms with Gasteiger partial charge in [-0.1, -0.05) is 0 Å². The Balaban J connectivity index is 2.40. The van der Waals surface area contributed by atoms with Gasteiger partial charge in [-0.2, -0.15) is 0 Å². The van der Waals surface area contributed by atoms with Crippen molar-refractivity contribution in [3.63, 3.8) is 0 Å². The molecule has 0 saturated heterocycles. The molecule has 1 aliphatic rings. The number of aliphatic carboxylic acids is 1. The largest absolute Gasteiger partial charge is 0.481 e. The van der Waals surface area contributed by atoms with Crippen LogP contribution in [0, 0.1) is 5.41 Å². The SMILES string of the molecule is CNC(=O)CCCS(=O)(=O)CC1(CC(=O)O)CC1. The Labute approximate surface area is 107 Å². The number of hydrogen-bond donors (Lipinski definition) is 2. The number of sulfone groups is 1. The van der Waals surface area contributed by atoms with Gasteiger partial charge in [-0.15, -0.1) is 0 Å². The number of nitrogens with one attached hydrogen (secondary N) is 1. The topological polar surface area (TPSA) is 101 Å². The molecule has 7 heteroatoms. The highest BCUT2D eigenvalue weighted by molar-refractivity contribution is 7.91. The van der Waals surface area contributed by atoms with E-state index in [1.807, 2.05) is 0 Å². The fraction of sp³-hybridized carbons (Fsp3) is 0.818. The molecule has 0 radical (unpaired) electrons. The summed E-state index contributed by atoms with van der Waals surface area (Å²) >= 11 is 0. The first-order valence-corrected chi connectivity index (χ1v) is 7.74.